The molecule has 0 saturated carbocycles. The summed E-state index contributed by atoms with van der Waals surface area (Å²) in [6.45, 7) is 3.64. The van der Waals surface area contributed by atoms with Gasteiger partial charge in [-0.1, -0.05) is 50.6 Å². The Kier molecular flexibility index (Phi) is 5.59. The summed E-state index contributed by atoms with van der Waals surface area (Å²) in [5, 5.41) is 12.7. The number of rotatable bonds is 6. The molecule has 6 nitrogen and oxygen atoms in total. The second-order valence-electron chi connectivity index (χ2n) is 6.74. The lowest BCUT2D eigenvalue weighted by molar-refractivity contribution is -0.140. The molecule has 0 spiro atoms. The third-order valence-corrected chi connectivity index (χ3v) is 4.84. The summed E-state index contributed by atoms with van der Waals surface area (Å²) in [4.78, 5) is 36.4. The lowest BCUT2D eigenvalue weighted by Gasteiger charge is -2.20. The SMILES string of the molecule is CCC(C)[C@H](NC(=O)c1cccc(-c2cc3ccccc3oc2=O)c1)C(=O)O. The van der Waals surface area contributed by atoms with Crippen LogP contribution in [-0.2, 0) is 4.79 Å². The Morgan fingerprint density at radius 2 is 1.86 bits per heavy atom. The van der Waals surface area contributed by atoms with Gasteiger partial charge in [0.25, 0.3) is 5.91 Å². The van der Waals surface area contributed by atoms with Crippen LogP contribution in [0.15, 0.2) is 63.8 Å². The van der Waals surface area contributed by atoms with E-state index in [0.29, 0.717) is 23.1 Å². The number of fused-ring (bicyclic) bond motifs is 1. The van der Waals surface area contributed by atoms with Crippen molar-refractivity contribution in [3.05, 3.63) is 70.6 Å². The number of aliphatic carboxylic acids is 1. The first-order chi connectivity index (χ1) is 13.4. The Labute approximate surface area is 161 Å². The number of hydrogen-bond donors (Lipinski definition) is 2. The maximum Gasteiger partial charge on any atom is 0.344 e. The van der Waals surface area contributed by atoms with Crippen LogP contribution in [0.4, 0.5) is 0 Å². The van der Waals surface area contributed by atoms with Crippen molar-refractivity contribution in [2.75, 3.05) is 0 Å². The average molecular weight is 379 g/mol. The van der Waals surface area contributed by atoms with E-state index in [1.54, 1.807) is 49.4 Å². The Morgan fingerprint density at radius 1 is 1.11 bits per heavy atom. The molecular formula is C22H21NO5. The largest absolute Gasteiger partial charge is 0.480 e. The monoisotopic (exact) mass is 379 g/mol. The van der Waals surface area contributed by atoms with Crippen LogP contribution >= 0.6 is 0 Å². The molecule has 0 fully saturated rings. The lowest BCUT2D eigenvalue weighted by atomic mass is 9.98. The van der Waals surface area contributed by atoms with Gasteiger partial charge in [-0.2, -0.15) is 0 Å². The molecule has 1 amide bonds. The first-order valence-corrected chi connectivity index (χ1v) is 9.07. The maximum atomic E-state index is 12.6. The van der Waals surface area contributed by atoms with Crippen LogP contribution in [0.2, 0.25) is 0 Å². The van der Waals surface area contributed by atoms with Gasteiger partial charge in [0.05, 0.1) is 5.56 Å². The Morgan fingerprint density at radius 3 is 2.57 bits per heavy atom. The third-order valence-electron chi connectivity index (χ3n) is 4.84. The highest BCUT2D eigenvalue weighted by atomic mass is 16.4. The number of carboxylic acid groups (broad SMARTS) is 1. The molecule has 3 rings (SSSR count). The number of benzene rings is 2. The fraction of sp³-hybridized carbons (Fsp3) is 0.227. The minimum absolute atomic E-state index is 0.211. The van der Waals surface area contributed by atoms with Gasteiger partial charge in [-0.05, 0) is 35.7 Å². The number of carbonyl (C=O) groups is 2. The highest BCUT2D eigenvalue weighted by Crippen LogP contribution is 2.22. The molecule has 0 aliphatic heterocycles. The van der Waals surface area contributed by atoms with Gasteiger partial charge in [0.15, 0.2) is 0 Å². The molecule has 2 N–H and O–H groups in total. The standard InChI is InChI=1S/C22H21NO5/c1-3-13(2)19(21(25)26)23-20(24)16-9-6-8-14(11-16)17-12-15-7-4-5-10-18(15)28-22(17)27/h4-13,19H,3H2,1-2H3,(H,23,24)(H,25,26)/t13?,19-/m0/s1. The predicted molar refractivity (Wildman–Crippen MR) is 106 cm³/mol. The summed E-state index contributed by atoms with van der Waals surface area (Å²) in [5.74, 6) is -1.79. The van der Waals surface area contributed by atoms with Crippen LogP contribution in [0.5, 0.6) is 0 Å². The molecule has 0 radical (unpaired) electrons. The van der Waals surface area contributed by atoms with E-state index in [2.05, 4.69) is 5.32 Å². The fourth-order valence-corrected chi connectivity index (χ4v) is 3.00. The van der Waals surface area contributed by atoms with E-state index in [9.17, 15) is 19.5 Å². The molecule has 28 heavy (non-hydrogen) atoms. The van der Waals surface area contributed by atoms with Crippen molar-refractivity contribution in [1.29, 1.82) is 0 Å². The number of carbonyl (C=O) groups excluding carboxylic acids is 1. The molecule has 3 aromatic rings. The summed E-state index contributed by atoms with van der Waals surface area (Å²) < 4.78 is 5.36. The first kappa shape index (κ1) is 19.4. The van der Waals surface area contributed by atoms with Crippen LogP contribution in [-0.4, -0.2) is 23.0 Å². The van der Waals surface area contributed by atoms with E-state index in [1.165, 1.54) is 0 Å². The van der Waals surface area contributed by atoms with Crippen LogP contribution in [0.3, 0.4) is 0 Å². The molecule has 0 aliphatic carbocycles. The number of hydrogen-bond acceptors (Lipinski definition) is 4. The van der Waals surface area contributed by atoms with Crippen LogP contribution in [0.25, 0.3) is 22.1 Å². The molecule has 6 heteroatoms. The van der Waals surface area contributed by atoms with Crippen molar-refractivity contribution in [3.63, 3.8) is 0 Å². The molecule has 2 atom stereocenters. The summed E-state index contributed by atoms with van der Waals surface area (Å²) in [5.41, 5.74) is 1.13. The Balaban J connectivity index is 1.94. The molecule has 1 unspecified atom stereocenters. The maximum absolute atomic E-state index is 12.6. The van der Waals surface area contributed by atoms with E-state index < -0.39 is 23.5 Å². The van der Waals surface area contributed by atoms with Gasteiger partial charge in [-0.15, -0.1) is 0 Å². The highest BCUT2D eigenvalue weighted by molar-refractivity contribution is 5.97. The zero-order valence-electron chi connectivity index (χ0n) is 15.6. The average Bonchev–Trinajstić information content (AvgIpc) is 2.70. The summed E-state index contributed by atoms with van der Waals surface area (Å²) in [6, 6.07) is 14.4. The normalized spacial score (nSPS) is 13.1. The quantitative estimate of drug-likeness (QED) is 0.637. The highest BCUT2D eigenvalue weighted by Gasteiger charge is 2.25. The fourth-order valence-electron chi connectivity index (χ4n) is 3.00. The zero-order chi connectivity index (χ0) is 20.3. The van der Waals surface area contributed by atoms with Crippen LogP contribution < -0.4 is 10.9 Å². The molecule has 2 aromatic carbocycles. The van der Waals surface area contributed by atoms with Crippen LogP contribution in [0.1, 0.15) is 30.6 Å². The smallest absolute Gasteiger partial charge is 0.344 e. The predicted octanol–water partition coefficient (Wildman–Crippen LogP) is 3.69. The summed E-state index contributed by atoms with van der Waals surface area (Å²) >= 11 is 0. The van der Waals surface area contributed by atoms with Crippen molar-refractivity contribution in [2.45, 2.75) is 26.3 Å². The number of amides is 1. The second kappa shape index (κ2) is 8.08. The van der Waals surface area contributed by atoms with E-state index in [1.807, 2.05) is 19.1 Å². The van der Waals surface area contributed by atoms with Gasteiger partial charge < -0.3 is 14.8 Å². The molecular weight excluding hydrogens is 358 g/mol. The molecule has 0 aliphatic rings. The summed E-state index contributed by atoms with van der Waals surface area (Å²) in [6.07, 6.45) is 0.620. The lowest BCUT2D eigenvalue weighted by Crippen LogP contribution is -2.45. The van der Waals surface area contributed by atoms with E-state index >= 15 is 0 Å². The minimum Gasteiger partial charge on any atom is -0.480 e. The number of nitrogens with one attached hydrogen (secondary N) is 1. The first-order valence-electron chi connectivity index (χ1n) is 9.07. The van der Waals surface area contributed by atoms with E-state index in [4.69, 9.17) is 4.42 Å². The van der Waals surface area contributed by atoms with Gasteiger partial charge in [-0.25, -0.2) is 9.59 Å². The third kappa shape index (κ3) is 3.96. The van der Waals surface area contributed by atoms with Crippen molar-refractivity contribution in [1.82, 2.24) is 5.32 Å². The second-order valence-corrected chi connectivity index (χ2v) is 6.74. The molecule has 1 heterocycles. The van der Waals surface area contributed by atoms with Crippen molar-refractivity contribution < 1.29 is 19.1 Å². The number of para-hydroxylation sites is 1. The van der Waals surface area contributed by atoms with Gasteiger partial charge in [0.1, 0.15) is 11.6 Å². The molecule has 144 valence electrons. The van der Waals surface area contributed by atoms with Gasteiger partial charge >= 0.3 is 11.6 Å². The Bertz CT molecular complexity index is 1090. The van der Waals surface area contributed by atoms with Gasteiger partial charge in [0, 0.05) is 10.9 Å². The molecule has 0 saturated heterocycles. The van der Waals surface area contributed by atoms with Gasteiger partial charge in [0.2, 0.25) is 0 Å². The van der Waals surface area contributed by atoms with E-state index in [-0.39, 0.29) is 11.5 Å². The molecule has 1 aromatic heterocycles. The van der Waals surface area contributed by atoms with Crippen molar-refractivity contribution >= 4 is 22.8 Å². The van der Waals surface area contributed by atoms with Gasteiger partial charge in [-0.3, -0.25) is 4.79 Å². The Hall–Kier alpha value is -3.41. The van der Waals surface area contributed by atoms with E-state index in [0.717, 1.165) is 5.39 Å². The summed E-state index contributed by atoms with van der Waals surface area (Å²) in [7, 11) is 0. The molecule has 0 bridgehead atoms. The van der Waals surface area contributed by atoms with Crippen LogP contribution in [0, 0.1) is 5.92 Å². The minimum atomic E-state index is -1.07. The number of carboxylic acids is 1. The zero-order valence-corrected chi connectivity index (χ0v) is 15.6. The topological polar surface area (TPSA) is 96.6 Å². The van der Waals surface area contributed by atoms with Crippen molar-refractivity contribution in [2.24, 2.45) is 5.92 Å². The van der Waals surface area contributed by atoms with Crippen molar-refractivity contribution in [3.8, 4) is 11.1 Å².